The van der Waals surface area contributed by atoms with E-state index in [2.05, 4.69) is 13.5 Å². The van der Waals surface area contributed by atoms with E-state index in [1.165, 1.54) is 19.3 Å². The number of unbranched alkanes of at least 4 members (excludes halogenated alkanes) is 3. The highest BCUT2D eigenvalue weighted by atomic mass is 16.1. The van der Waals surface area contributed by atoms with Crippen LogP contribution in [0.5, 0.6) is 0 Å². The fraction of sp³-hybridized carbons (Fsp3) is 0.786. The van der Waals surface area contributed by atoms with Crippen molar-refractivity contribution in [1.29, 1.82) is 0 Å². The summed E-state index contributed by atoms with van der Waals surface area (Å²) in [6.07, 6.45) is 10.9. The van der Waals surface area contributed by atoms with Crippen LogP contribution in [-0.4, -0.2) is 5.78 Å². The molecule has 0 aliphatic heterocycles. The second kappa shape index (κ2) is 6.81. The van der Waals surface area contributed by atoms with E-state index >= 15 is 0 Å². The molecule has 86 valence electrons. The highest BCUT2D eigenvalue weighted by molar-refractivity contribution is 5.81. The minimum atomic E-state index is 0.402. The van der Waals surface area contributed by atoms with Gasteiger partial charge in [-0.15, -0.1) is 6.58 Å². The van der Waals surface area contributed by atoms with Gasteiger partial charge < -0.3 is 0 Å². The van der Waals surface area contributed by atoms with E-state index in [1.807, 2.05) is 6.08 Å². The van der Waals surface area contributed by atoms with Crippen LogP contribution in [0.3, 0.4) is 0 Å². The summed E-state index contributed by atoms with van der Waals surface area (Å²) < 4.78 is 0. The Morgan fingerprint density at radius 3 is 2.73 bits per heavy atom. The molecule has 0 spiro atoms. The van der Waals surface area contributed by atoms with E-state index in [9.17, 15) is 4.79 Å². The monoisotopic (exact) mass is 208 g/mol. The molecule has 0 aromatic heterocycles. The third-order valence-corrected chi connectivity index (χ3v) is 3.48. The van der Waals surface area contributed by atoms with Crippen molar-refractivity contribution in [2.45, 2.75) is 58.3 Å². The van der Waals surface area contributed by atoms with Crippen LogP contribution in [-0.2, 0) is 4.79 Å². The second-order valence-electron chi connectivity index (χ2n) is 4.97. The molecule has 0 amide bonds. The topological polar surface area (TPSA) is 17.1 Å². The van der Waals surface area contributed by atoms with Gasteiger partial charge in [0.15, 0.2) is 0 Å². The van der Waals surface area contributed by atoms with Crippen LogP contribution < -0.4 is 0 Å². The number of carbonyl (C=O) groups excluding carboxylic acids is 1. The van der Waals surface area contributed by atoms with Crippen LogP contribution in [0.1, 0.15) is 58.3 Å². The fourth-order valence-electron chi connectivity index (χ4n) is 2.47. The van der Waals surface area contributed by atoms with Crippen LogP contribution in [0.25, 0.3) is 0 Å². The number of hydrogen-bond acceptors (Lipinski definition) is 1. The Balaban J connectivity index is 2.05. The minimum absolute atomic E-state index is 0.402. The maximum absolute atomic E-state index is 11.8. The summed E-state index contributed by atoms with van der Waals surface area (Å²) >= 11 is 0. The predicted octanol–water partition coefficient (Wildman–Crippen LogP) is 4.13. The molecule has 1 fully saturated rings. The maximum atomic E-state index is 11.8. The van der Waals surface area contributed by atoms with Crippen LogP contribution in [0.2, 0.25) is 0 Å². The van der Waals surface area contributed by atoms with Crippen molar-refractivity contribution in [3.05, 3.63) is 12.7 Å². The number of rotatable bonds is 7. The number of hydrogen-bond donors (Lipinski definition) is 0. The lowest BCUT2D eigenvalue weighted by Crippen LogP contribution is -2.10. The lowest BCUT2D eigenvalue weighted by molar-refractivity contribution is -0.122. The molecular weight excluding hydrogens is 184 g/mol. The molecule has 2 unspecified atom stereocenters. The molecule has 2 atom stereocenters. The van der Waals surface area contributed by atoms with Crippen molar-refractivity contribution in [3.63, 3.8) is 0 Å². The van der Waals surface area contributed by atoms with Gasteiger partial charge in [-0.3, -0.25) is 4.79 Å². The molecule has 1 nitrogen and oxygen atoms in total. The summed E-state index contributed by atoms with van der Waals surface area (Å²) in [7, 11) is 0. The highest BCUT2D eigenvalue weighted by Crippen LogP contribution is 2.31. The van der Waals surface area contributed by atoms with Crippen molar-refractivity contribution >= 4 is 5.78 Å². The first-order chi connectivity index (χ1) is 7.24. The molecule has 0 radical (unpaired) electrons. The average molecular weight is 208 g/mol. The molecule has 0 saturated heterocycles. The molecule has 1 saturated carbocycles. The van der Waals surface area contributed by atoms with Gasteiger partial charge in [-0.25, -0.2) is 0 Å². The van der Waals surface area contributed by atoms with Gasteiger partial charge in [-0.05, 0) is 44.4 Å². The molecule has 1 rings (SSSR count). The Kier molecular flexibility index (Phi) is 5.67. The number of carbonyl (C=O) groups is 1. The molecule has 0 heterocycles. The summed E-state index contributed by atoms with van der Waals surface area (Å²) in [4.78, 5) is 11.8. The van der Waals surface area contributed by atoms with Gasteiger partial charge in [0.05, 0.1) is 0 Å². The van der Waals surface area contributed by atoms with Gasteiger partial charge >= 0.3 is 0 Å². The van der Waals surface area contributed by atoms with Crippen molar-refractivity contribution in [2.75, 3.05) is 0 Å². The molecule has 1 heteroatoms. The number of Topliss-reactive ketones (excluding diaryl/α,β-unsaturated/α-hetero) is 1. The lowest BCUT2D eigenvalue weighted by Gasteiger charge is -2.07. The van der Waals surface area contributed by atoms with Crippen LogP contribution in [0.4, 0.5) is 0 Å². The third-order valence-electron chi connectivity index (χ3n) is 3.48. The second-order valence-corrected chi connectivity index (χ2v) is 4.97. The summed E-state index contributed by atoms with van der Waals surface area (Å²) in [6, 6.07) is 0. The Labute approximate surface area is 93.9 Å². The normalized spacial score (nSPS) is 25.4. The molecule has 0 aromatic rings. The van der Waals surface area contributed by atoms with Crippen molar-refractivity contribution in [1.82, 2.24) is 0 Å². The minimum Gasteiger partial charge on any atom is -0.299 e. The first-order valence-corrected chi connectivity index (χ1v) is 6.37. The zero-order valence-corrected chi connectivity index (χ0v) is 10.0. The van der Waals surface area contributed by atoms with Gasteiger partial charge in [-0.2, -0.15) is 0 Å². The Morgan fingerprint density at radius 2 is 2.13 bits per heavy atom. The molecule has 0 bridgehead atoms. The Hall–Kier alpha value is -0.590. The van der Waals surface area contributed by atoms with Gasteiger partial charge in [-0.1, -0.05) is 19.4 Å². The van der Waals surface area contributed by atoms with E-state index < -0.39 is 0 Å². The molecule has 15 heavy (non-hydrogen) atoms. The molecule has 1 aliphatic carbocycles. The molecule has 1 aliphatic rings. The van der Waals surface area contributed by atoms with Crippen LogP contribution >= 0.6 is 0 Å². The number of allylic oxidation sites excluding steroid dienone is 1. The first-order valence-electron chi connectivity index (χ1n) is 6.37. The molecule has 0 aromatic carbocycles. The first kappa shape index (κ1) is 12.5. The van der Waals surface area contributed by atoms with Crippen molar-refractivity contribution in [2.24, 2.45) is 11.8 Å². The molecule has 0 N–H and O–H groups in total. The predicted molar refractivity (Wildman–Crippen MR) is 64.8 cm³/mol. The SMILES string of the molecule is C=CCCCCCC(=O)C1CCC(C)C1. The van der Waals surface area contributed by atoms with Gasteiger partial charge in [0.25, 0.3) is 0 Å². The largest absolute Gasteiger partial charge is 0.299 e. The Morgan fingerprint density at radius 1 is 1.33 bits per heavy atom. The summed E-state index contributed by atoms with van der Waals surface area (Å²) in [5.41, 5.74) is 0. The van der Waals surface area contributed by atoms with Crippen LogP contribution in [0.15, 0.2) is 12.7 Å². The van der Waals surface area contributed by atoms with E-state index in [1.54, 1.807) is 0 Å². The van der Waals surface area contributed by atoms with E-state index in [0.717, 1.165) is 38.0 Å². The van der Waals surface area contributed by atoms with E-state index in [-0.39, 0.29) is 0 Å². The summed E-state index contributed by atoms with van der Waals surface area (Å²) in [5, 5.41) is 0. The zero-order valence-electron chi connectivity index (χ0n) is 10.0. The van der Waals surface area contributed by atoms with Gasteiger partial charge in [0.1, 0.15) is 5.78 Å². The smallest absolute Gasteiger partial charge is 0.135 e. The Bertz CT molecular complexity index is 207. The zero-order chi connectivity index (χ0) is 11.1. The summed E-state index contributed by atoms with van der Waals surface area (Å²) in [5.74, 6) is 1.71. The van der Waals surface area contributed by atoms with Crippen LogP contribution in [0, 0.1) is 11.8 Å². The van der Waals surface area contributed by atoms with Gasteiger partial charge in [0, 0.05) is 12.3 Å². The quantitative estimate of drug-likeness (QED) is 0.454. The average Bonchev–Trinajstić information content (AvgIpc) is 2.64. The molecular formula is C14H24O. The van der Waals surface area contributed by atoms with Crippen molar-refractivity contribution in [3.8, 4) is 0 Å². The maximum Gasteiger partial charge on any atom is 0.135 e. The highest BCUT2D eigenvalue weighted by Gasteiger charge is 2.26. The van der Waals surface area contributed by atoms with Gasteiger partial charge in [0.2, 0.25) is 0 Å². The van der Waals surface area contributed by atoms with E-state index in [0.29, 0.717) is 11.7 Å². The third kappa shape index (κ3) is 4.63. The lowest BCUT2D eigenvalue weighted by atomic mass is 9.96. The number of ketones is 1. The summed E-state index contributed by atoms with van der Waals surface area (Å²) in [6.45, 7) is 5.96. The van der Waals surface area contributed by atoms with E-state index in [4.69, 9.17) is 0 Å². The van der Waals surface area contributed by atoms with Crippen molar-refractivity contribution < 1.29 is 4.79 Å². The fourth-order valence-corrected chi connectivity index (χ4v) is 2.47. The standard InChI is InChI=1S/C14H24O/c1-3-4-5-6-7-8-14(15)13-10-9-12(2)11-13/h3,12-13H,1,4-11H2,2H3.